The number of amides is 1. The molecule has 0 radical (unpaired) electrons. The Morgan fingerprint density at radius 2 is 1.66 bits per heavy atom. The van der Waals surface area contributed by atoms with Gasteiger partial charge in [-0.05, 0) is 30.2 Å². The number of benzene rings is 2. The molecule has 0 spiro atoms. The molecule has 2 heterocycles. The third-order valence-corrected chi connectivity index (χ3v) is 6.25. The average Bonchev–Trinajstić information content (AvgIpc) is 2.84. The summed E-state index contributed by atoms with van der Waals surface area (Å²) in [6.45, 7) is 9.34. The highest BCUT2D eigenvalue weighted by molar-refractivity contribution is 5.97. The largest absolute Gasteiger partial charge is 0.373 e. The van der Waals surface area contributed by atoms with Crippen LogP contribution in [0.25, 0.3) is 0 Å². The number of carbonyl (C=O) groups excluding carboxylic acids is 1. The van der Waals surface area contributed by atoms with Crippen LogP contribution in [0.2, 0.25) is 0 Å². The average molecular weight is 430 g/mol. The van der Waals surface area contributed by atoms with Crippen LogP contribution in [0.4, 0.5) is 5.69 Å². The molecule has 2 fully saturated rings. The van der Waals surface area contributed by atoms with Crippen LogP contribution in [0, 0.1) is 18.3 Å². The number of rotatable bonds is 5. The van der Waals surface area contributed by atoms with Gasteiger partial charge in [0.1, 0.15) is 11.6 Å². The Labute approximate surface area is 190 Å². The summed E-state index contributed by atoms with van der Waals surface area (Å²) in [6, 6.07) is 21.1. The van der Waals surface area contributed by atoms with Gasteiger partial charge in [0, 0.05) is 70.8 Å². The van der Waals surface area contributed by atoms with Gasteiger partial charge < -0.3 is 14.7 Å². The lowest BCUT2D eigenvalue weighted by Crippen LogP contribution is -2.49. The van der Waals surface area contributed by atoms with Crippen LogP contribution < -0.4 is 4.90 Å². The molecule has 0 saturated carbocycles. The van der Waals surface area contributed by atoms with Gasteiger partial charge in [0.05, 0.1) is 0 Å². The summed E-state index contributed by atoms with van der Waals surface area (Å²) in [7, 11) is 0. The zero-order valence-corrected chi connectivity index (χ0v) is 18.8. The lowest BCUT2D eigenvalue weighted by molar-refractivity contribution is -0.128. The van der Waals surface area contributed by atoms with Crippen LogP contribution in [0.5, 0.6) is 0 Å². The first-order valence-electron chi connectivity index (χ1n) is 11.4. The van der Waals surface area contributed by atoms with Crippen LogP contribution in [0.3, 0.4) is 0 Å². The van der Waals surface area contributed by atoms with Crippen LogP contribution in [0.1, 0.15) is 11.1 Å². The highest BCUT2D eigenvalue weighted by atomic mass is 16.2. The van der Waals surface area contributed by atoms with Crippen molar-refractivity contribution in [2.24, 2.45) is 0 Å². The second-order valence-electron chi connectivity index (χ2n) is 8.57. The molecule has 2 aromatic rings. The van der Waals surface area contributed by atoms with E-state index in [1.165, 1.54) is 16.8 Å². The van der Waals surface area contributed by atoms with Crippen molar-refractivity contribution in [2.75, 3.05) is 57.3 Å². The fourth-order valence-electron chi connectivity index (χ4n) is 4.37. The molecule has 6 nitrogen and oxygen atoms in total. The van der Waals surface area contributed by atoms with Crippen molar-refractivity contribution in [3.8, 4) is 6.07 Å². The van der Waals surface area contributed by atoms with Crippen molar-refractivity contribution in [3.63, 3.8) is 0 Å². The number of anilines is 1. The lowest BCUT2D eigenvalue weighted by atomic mass is 10.1. The minimum Gasteiger partial charge on any atom is -0.373 e. The van der Waals surface area contributed by atoms with Gasteiger partial charge >= 0.3 is 0 Å². The van der Waals surface area contributed by atoms with E-state index in [0.29, 0.717) is 13.1 Å². The van der Waals surface area contributed by atoms with Crippen LogP contribution in [0.15, 0.2) is 66.4 Å². The fraction of sp³-hybridized carbons (Fsp3) is 0.385. The molecule has 0 N–H and O–H groups in total. The summed E-state index contributed by atoms with van der Waals surface area (Å²) in [6.07, 6.45) is 1.77. The van der Waals surface area contributed by atoms with Crippen molar-refractivity contribution in [1.29, 1.82) is 5.26 Å². The molecule has 2 aromatic carbocycles. The van der Waals surface area contributed by atoms with Gasteiger partial charge in [0.2, 0.25) is 0 Å². The molecule has 32 heavy (non-hydrogen) atoms. The molecule has 4 rings (SSSR count). The van der Waals surface area contributed by atoms with Gasteiger partial charge in [0.25, 0.3) is 5.91 Å². The van der Waals surface area contributed by atoms with Crippen molar-refractivity contribution >= 4 is 11.6 Å². The first-order valence-corrected chi connectivity index (χ1v) is 11.4. The van der Waals surface area contributed by atoms with E-state index in [1.807, 2.05) is 11.0 Å². The number of nitriles is 1. The van der Waals surface area contributed by atoms with E-state index < -0.39 is 0 Å². The van der Waals surface area contributed by atoms with Crippen molar-refractivity contribution in [3.05, 3.63) is 77.5 Å². The molecule has 1 amide bonds. The van der Waals surface area contributed by atoms with Gasteiger partial charge in [-0.15, -0.1) is 0 Å². The number of nitrogens with zero attached hydrogens (tertiary/aromatic N) is 5. The Morgan fingerprint density at radius 1 is 0.938 bits per heavy atom. The molecule has 2 saturated heterocycles. The fourth-order valence-corrected chi connectivity index (χ4v) is 4.37. The van der Waals surface area contributed by atoms with Gasteiger partial charge in [-0.2, -0.15) is 5.26 Å². The maximum absolute atomic E-state index is 13.0. The Balaban J connectivity index is 1.29. The third kappa shape index (κ3) is 5.49. The number of hydrogen-bond acceptors (Lipinski definition) is 5. The molecular formula is C26H31N5O. The molecule has 0 atom stereocenters. The summed E-state index contributed by atoms with van der Waals surface area (Å²) in [5.41, 5.74) is 4.02. The van der Waals surface area contributed by atoms with E-state index in [4.69, 9.17) is 0 Å². The van der Waals surface area contributed by atoms with Crippen LogP contribution in [-0.4, -0.2) is 73.0 Å². The second kappa shape index (κ2) is 10.3. The normalized spacial score (nSPS) is 17.9. The molecule has 0 aromatic heterocycles. The van der Waals surface area contributed by atoms with E-state index in [1.54, 1.807) is 6.20 Å². The first-order chi connectivity index (χ1) is 15.6. The predicted octanol–water partition coefficient (Wildman–Crippen LogP) is 2.87. The zero-order chi connectivity index (χ0) is 22.3. The van der Waals surface area contributed by atoms with Gasteiger partial charge in [0.15, 0.2) is 0 Å². The minimum absolute atomic E-state index is 0.145. The number of carbonyl (C=O) groups is 1. The smallest absolute Gasteiger partial charge is 0.266 e. The van der Waals surface area contributed by atoms with E-state index in [2.05, 4.69) is 76.2 Å². The Bertz CT molecular complexity index is 981. The van der Waals surface area contributed by atoms with Crippen molar-refractivity contribution in [1.82, 2.24) is 14.7 Å². The molecule has 0 unspecified atom stereocenters. The van der Waals surface area contributed by atoms with Crippen molar-refractivity contribution in [2.45, 2.75) is 13.5 Å². The summed E-state index contributed by atoms with van der Waals surface area (Å²) in [5, 5.41) is 9.65. The maximum Gasteiger partial charge on any atom is 0.266 e. The van der Waals surface area contributed by atoms with Gasteiger partial charge in [-0.1, -0.05) is 42.5 Å². The first kappa shape index (κ1) is 21.9. The second-order valence-corrected chi connectivity index (χ2v) is 8.57. The standard InChI is InChI=1S/C26H31N5O/c1-22-6-5-9-25(18-22)30-14-10-29(11-15-30)21-24(19-27)26(32)31-16-12-28(13-17-31)20-23-7-3-2-4-8-23/h2-9,18,21H,10-17,20H2,1H3/b24-21-. The van der Waals surface area contributed by atoms with Crippen LogP contribution in [-0.2, 0) is 11.3 Å². The maximum atomic E-state index is 13.0. The zero-order valence-electron chi connectivity index (χ0n) is 18.8. The Morgan fingerprint density at radius 3 is 2.31 bits per heavy atom. The molecule has 0 bridgehead atoms. The topological polar surface area (TPSA) is 53.8 Å². The lowest BCUT2D eigenvalue weighted by Gasteiger charge is -2.36. The van der Waals surface area contributed by atoms with E-state index in [9.17, 15) is 10.1 Å². The number of piperazine rings is 2. The third-order valence-electron chi connectivity index (χ3n) is 6.25. The van der Waals surface area contributed by atoms with E-state index >= 15 is 0 Å². The molecular weight excluding hydrogens is 398 g/mol. The SMILES string of the molecule is Cc1cccc(N2CCN(/C=C(/C#N)C(=O)N3CCN(Cc4ccccc4)CC3)CC2)c1. The van der Waals surface area contributed by atoms with Gasteiger partial charge in [-0.3, -0.25) is 9.69 Å². The predicted molar refractivity (Wildman–Crippen MR) is 127 cm³/mol. The summed E-state index contributed by atoms with van der Waals surface area (Å²) < 4.78 is 0. The summed E-state index contributed by atoms with van der Waals surface area (Å²) >= 11 is 0. The Kier molecular flexibility index (Phi) is 7.08. The number of hydrogen-bond donors (Lipinski definition) is 0. The molecule has 2 aliphatic rings. The number of aryl methyl sites for hydroxylation is 1. The van der Waals surface area contributed by atoms with Crippen molar-refractivity contribution < 1.29 is 4.79 Å². The van der Waals surface area contributed by atoms with E-state index in [-0.39, 0.29) is 11.5 Å². The van der Waals surface area contributed by atoms with E-state index in [0.717, 1.165) is 45.8 Å². The molecule has 166 valence electrons. The highest BCUT2D eigenvalue weighted by Gasteiger charge is 2.25. The Hall–Kier alpha value is -3.30. The quantitative estimate of drug-likeness (QED) is 0.540. The monoisotopic (exact) mass is 429 g/mol. The molecule has 6 heteroatoms. The molecule has 2 aliphatic heterocycles. The van der Waals surface area contributed by atoms with Crippen LogP contribution >= 0.6 is 0 Å². The highest BCUT2D eigenvalue weighted by Crippen LogP contribution is 2.18. The summed E-state index contributed by atoms with van der Waals surface area (Å²) in [4.78, 5) is 21.6. The summed E-state index contributed by atoms with van der Waals surface area (Å²) in [5.74, 6) is -0.145. The minimum atomic E-state index is -0.145. The van der Waals surface area contributed by atoms with Gasteiger partial charge in [-0.25, -0.2) is 0 Å². The molecule has 0 aliphatic carbocycles.